The van der Waals surface area contributed by atoms with Crippen LogP contribution in [0.3, 0.4) is 0 Å². The van der Waals surface area contributed by atoms with Gasteiger partial charge in [-0.3, -0.25) is 0 Å². The van der Waals surface area contributed by atoms with E-state index in [1.54, 1.807) is 0 Å². The second-order valence-electron chi connectivity index (χ2n) is 7.14. The summed E-state index contributed by atoms with van der Waals surface area (Å²) >= 11 is 0. The highest BCUT2D eigenvalue weighted by Crippen LogP contribution is 2.39. The topological polar surface area (TPSA) is 15.3 Å². The van der Waals surface area contributed by atoms with Gasteiger partial charge in [-0.15, -0.1) is 0 Å². The Bertz CT molecular complexity index is 403. The molecule has 1 N–H and O–H groups in total. The molecule has 118 valence electrons. The molecule has 1 fully saturated rings. The van der Waals surface area contributed by atoms with E-state index in [0.717, 1.165) is 19.0 Å². The molecule has 1 aromatic carbocycles. The Morgan fingerprint density at radius 2 is 2.05 bits per heavy atom. The molecule has 21 heavy (non-hydrogen) atoms. The summed E-state index contributed by atoms with van der Waals surface area (Å²) in [6, 6.07) is 10.8. The van der Waals surface area contributed by atoms with Gasteiger partial charge in [0.05, 0.1) is 0 Å². The fourth-order valence-electron chi connectivity index (χ4n) is 4.04. The van der Waals surface area contributed by atoms with Crippen LogP contribution in [0, 0.1) is 11.3 Å². The number of nitrogens with one attached hydrogen (secondary N) is 1. The summed E-state index contributed by atoms with van der Waals surface area (Å²) in [6.07, 6.45) is 5.56. The second-order valence-corrected chi connectivity index (χ2v) is 7.14. The molecule has 0 amide bonds. The lowest BCUT2D eigenvalue weighted by molar-refractivity contribution is 0.0895. The zero-order valence-electron chi connectivity index (χ0n) is 14.1. The SMILES string of the molecule is CCNCC1(CN(C)Cc2ccccc2)CCCC(C)C1. The van der Waals surface area contributed by atoms with Crippen molar-refractivity contribution >= 4 is 0 Å². The van der Waals surface area contributed by atoms with Gasteiger partial charge in [0.25, 0.3) is 0 Å². The molecule has 0 heterocycles. The van der Waals surface area contributed by atoms with Gasteiger partial charge in [0.15, 0.2) is 0 Å². The summed E-state index contributed by atoms with van der Waals surface area (Å²) in [5, 5.41) is 3.62. The molecule has 2 nitrogen and oxygen atoms in total. The summed E-state index contributed by atoms with van der Waals surface area (Å²) in [7, 11) is 2.28. The van der Waals surface area contributed by atoms with Crippen molar-refractivity contribution in [3.05, 3.63) is 35.9 Å². The highest BCUT2D eigenvalue weighted by Gasteiger charge is 2.35. The van der Waals surface area contributed by atoms with Crippen LogP contribution in [0.1, 0.15) is 45.1 Å². The molecule has 0 aliphatic heterocycles. The van der Waals surface area contributed by atoms with E-state index in [1.807, 2.05) is 0 Å². The fraction of sp³-hybridized carbons (Fsp3) is 0.684. The maximum atomic E-state index is 3.62. The standard InChI is InChI=1S/C19H32N2/c1-4-20-15-19(12-8-9-17(2)13-19)16-21(3)14-18-10-6-5-7-11-18/h5-7,10-11,17,20H,4,8-9,12-16H2,1-3H3. The largest absolute Gasteiger partial charge is 0.316 e. The van der Waals surface area contributed by atoms with E-state index in [1.165, 1.54) is 44.3 Å². The number of benzene rings is 1. The molecule has 2 atom stereocenters. The first kappa shape index (κ1) is 16.5. The second kappa shape index (κ2) is 7.95. The summed E-state index contributed by atoms with van der Waals surface area (Å²) in [5.41, 5.74) is 1.89. The van der Waals surface area contributed by atoms with Gasteiger partial charge < -0.3 is 10.2 Å². The molecular weight excluding hydrogens is 256 g/mol. The van der Waals surface area contributed by atoms with Crippen LogP contribution in [-0.2, 0) is 6.54 Å². The molecule has 1 aliphatic carbocycles. The Kier molecular flexibility index (Phi) is 6.25. The minimum absolute atomic E-state index is 0.469. The zero-order chi connectivity index (χ0) is 15.1. The van der Waals surface area contributed by atoms with Crippen molar-refractivity contribution in [2.24, 2.45) is 11.3 Å². The summed E-state index contributed by atoms with van der Waals surface area (Å²) in [5.74, 6) is 0.877. The van der Waals surface area contributed by atoms with Gasteiger partial charge >= 0.3 is 0 Å². The molecule has 0 saturated heterocycles. The van der Waals surface area contributed by atoms with Crippen LogP contribution in [0.15, 0.2) is 30.3 Å². The minimum atomic E-state index is 0.469. The summed E-state index contributed by atoms with van der Waals surface area (Å²) < 4.78 is 0. The Balaban J connectivity index is 1.97. The molecular formula is C19H32N2. The summed E-state index contributed by atoms with van der Waals surface area (Å²) in [4.78, 5) is 2.52. The molecule has 2 rings (SSSR count). The Morgan fingerprint density at radius 3 is 2.71 bits per heavy atom. The van der Waals surface area contributed by atoms with E-state index in [0.29, 0.717) is 5.41 Å². The fourth-order valence-corrected chi connectivity index (χ4v) is 4.04. The maximum Gasteiger partial charge on any atom is 0.0230 e. The van der Waals surface area contributed by atoms with Crippen LogP contribution in [0.25, 0.3) is 0 Å². The van der Waals surface area contributed by atoms with Gasteiger partial charge in [-0.05, 0) is 43.3 Å². The first-order chi connectivity index (χ1) is 10.1. The average molecular weight is 288 g/mol. The van der Waals surface area contributed by atoms with Crippen molar-refractivity contribution in [1.82, 2.24) is 10.2 Å². The normalized spacial score (nSPS) is 26.2. The summed E-state index contributed by atoms with van der Waals surface area (Å²) in [6.45, 7) is 9.17. The molecule has 1 aliphatic rings. The van der Waals surface area contributed by atoms with Gasteiger partial charge in [-0.2, -0.15) is 0 Å². The first-order valence-corrected chi connectivity index (χ1v) is 8.57. The van der Waals surface area contributed by atoms with E-state index in [9.17, 15) is 0 Å². The number of hydrogen-bond acceptors (Lipinski definition) is 2. The molecule has 0 spiro atoms. The molecule has 2 heteroatoms. The highest BCUT2D eigenvalue weighted by molar-refractivity contribution is 5.14. The Labute approximate surface area is 130 Å². The third-order valence-electron chi connectivity index (χ3n) is 4.84. The van der Waals surface area contributed by atoms with Gasteiger partial charge in [-0.1, -0.05) is 57.0 Å². The Hall–Kier alpha value is -0.860. The van der Waals surface area contributed by atoms with E-state index in [4.69, 9.17) is 0 Å². The molecule has 1 saturated carbocycles. The van der Waals surface area contributed by atoms with E-state index >= 15 is 0 Å². The van der Waals surface area contributed by atoms with Crippen LogP contribution in [0.4, 0.5) is 0 Å². The van der Waals surface area contributed by atoms with Crippen molar-refractivity contribution in [2.45, 2.75) is 46.1 Å². The predicted molar refractivity (Wildman–Crippen MR) is 91.4 cm³/mol. The van der Waals surface area contributed by atoms with E-state index in [-0.39, 0.29) is 0 Å². The van der Waals surface area contributed by atoms with Gasteiger partial charge in [0.2, 0.25) is 0 Å². The monoisotopic (exact) mass is 288 g/mol. The maximum absolute atomic E-state index is 3.62. The van der Waals surface area contributed by atoms with Gasteiger partial charge in [0, 0.05) is 19.6 Å². The molecule has 1 aromatic rings. The van der Waals surface area contributed by atoms with Crippen molar-refractivity contribution in [3.63, 3.8) is 0 Å². The molecule has 0 radical (unpaired) electrons. The number of hydrogen-bond donors (Lipinski definition) is 1. The quantitative estimate of drug-likeness (QED) is 0.818. The van der Waals surface area contributed by atoms with Crippen molar-refractivity contribution in [1.29, 1.82) is 0 Å². The zero-order valence-corrected chi connectivity index (χ0v) is 14.1. The van der Waals surface area contributed by atoms with E-state index in [2.05, 4.69) is 61.4 Å². The van der Waals surface area contributed by atoms with Crippen LogP contribution < -0.4 is 5.32 Å². The predicted octanol–water partition coefficient (Wildman–Crippen LogP) is 3.92. The van der Waals surface area contributed by atoms with Gasteiger partial charge in [0.1, 0.15) is 0 Å². The molecule has 0 aromatic heterocycles. The third-order valence-corrected chi connectivity index (χ3v) is 4.84. The van der Waals surface area contributed by atoms with Crippen molar-refractivity contribution < 1.29 is 0 Å². The van der Waals surface area contributed by atoms with Crippen LogP contribution in [-0.4, -0.2) is 31.6 Å². The molecule has 0 bridgehead atoms. The van der Waals surface area contributed by atoms with Crippen LogP contribution >= 0.6 is 0 Å². The molecule has 2 unspecified atom stereocenters. The number of nitrogens with zero attached hydrogens (tertiary/aromatic N) is 1. The van der Waals surface area contributed by atoms with E-state index < -0.39 is 0 Å². The number of rotatable bonds is 7. The van der Waals surface area contributed by atoms with Crippen molar-refractivity contribution in [2.75, 3.05) is 26.7 Å². The minimum Gasteiger partial charge on any atom is -0.316 e. The van der Waals surface area contributed by atoms with Crippen LogP contribution in [0.5, 0.6) is 0 Å². The van der Waals surface area contributed by atoms with Crippen LogP contribution in [0.2, 0.25) is 0 Å². The lowest BCUT2D eigenvalue weighted by Gasteiger charge is -2.43. The third kappa shape index (κ3) is 5.12. The van der Waals surface area contributed by atoms with Crippen molar-refractivity contribution in [3.8, 4) is 0 Å². The average Bonchev–Trinajstić information content (AvgIpc) is 2.46. The highest BCUT2D eigenvalue weighted by atomic mass is 15.1. The van der Waals surface area contributed by atoms with Gasteiger partial charge in [-0.25, -0.2) is 0 Å². The lowest BCUT2D eigenvalue weighted by Crippen LogP contribution is -2.45. The smallest absolute Gasteiger partial charge is 0.0230 e. The Morgan fingerprint density at radius 1 is 1.29 bits per heavy atom. The lowest BCUT2D eigenvalue weighted by atomic mass is 9.69. The first-order valence-electron chi connectivity index (χ1n) is 8.57.